The highest BCUT2D eigenvalue weighted by Crippen LogP contribution is 2.27. The van der Waals surface area contributed by atoms with Crippen molar-refractivity contribution in [2.45, 2.75) is 25.3 Å². The summed E-state index contributed by atoms with van der Waals surface area (Å²) in [6.45, 7) is 7.24. The van der Waals surface area contributed by atoms with Crippen molar-refractivity contribution in [2.75, 3.05) is 37.7 Å². The summed E-state index contributed by atoms with van der Waals surface area (Å²) in [6, 6.07) is 22.3. The van der Waals surface area contributed by atoms with E-state index < -0.39 is 0 Å². The largest absolute Gasteiger partial charge is 0.314 e. The highest BCUT2D eigenvalue weighted by atomic mass is 32.2. The van der Waals surface area contributed by atoms with Crippen LogP contribution in [0.1, 0.15) is 30.4 Å². The minimum atomic E-state index is 0.535. The Morgan fingerprint density at radius 1 is 1.00 bits per heavy atom. The van der Waals surface area contributed by atoms with Crippen molar-refractivity contribution >= 4 is 11.8 Å². The Kier molecular flexibility index (Phi) is 7.40. The molecule has 2 heterocycles. The summed E-state index contributed by atoms with van der Waals surface area (Å²) in [5, 5.41) is 3.43. The van der Waals surface area contributed by atoms with Crippen LogP contribution in [0.5, 0.6) is 0 Å². The molecule has 3 heteroatoms. The summed E-state index contributed by atoms with van der Waals surface area (Å²) in [6.07, 6.45) is 1.15. The number of thioether (sulfide) groups is 1. The zero-order valence-corrected chi connectivity index (χ0v) is 16.0. The average Bonchev–Trinajstić information content (AvgIpc) is 2.71. The van der Waals surface area contributed by atoms with Crippen molar-refractivity contribution in [2.24, 2.45) is 0 Å². The van der Waals surface area contributed by atoms with Crippen LogP contribution in [-0.4, -0.2) is 48.6 Å². The molecule has 1 N–H and O–H groups in total. The van der Waals surface area contributed by atoms with Crippen LogP contribution in [0.25, 0.3) is 0 Å². The van der Waals surface area contributed by atoms with Gasteiger partial charge in [0.15, 0.2) is 0 Å². The molecule has 0 aliphatic carbocycles. The van der Waals surface area contributed by atoms with E-state index in [0.717, 1.165) is 12.5 Å². The van der Waals surface area contributed by atoms with Crippen LogP contribution < -0.4 is 5.32 Å². The first kappa shape index (κ1) is 18.5. The van der Waals surface area contributed by atoms with Gasteiger partial charge in [-0.1, -0.05) is 67.6 Å². The molecular formula is C22H30N2S. The van der Waals surface area contributed by atoms with Crippen LogP contribution >= 0.6 is 11.8 Å². The van der Waals surface area contributed by atoms with Crippen LogP contribution in [0.4, 0.5) is 0 Å². The van der Waals surface area contributed by atoms with Gasteiger partial charge >= 0.3 is 0 Å². The summed E-state index contributed by atoms with van der Waals surface area (Å²) in [4.78, 5) is 2.62. The Morgan fingerprint density at radius 3 is 2.20 bits per heavy atom. The lowest BCUT2D eigenvalue weighted by Gasteiger charge is -2.39. The van der Waals surface area contributed by atoms with Crippen LogP contribution in [0.3, 0.4) is 0 Å². The third kappa shape index (κ3) is 5.34. The first-order valence-electron chi connectivity index (χ1n) is 9.51. The molecule has 0 spiro atoms. The van der Waals surface area contributed by atoms with Crippen LogP contribution in [0.2, 0.25) is 0 Å². The third-order valence-electron chi connectivity index (χ3n) is 5.12. The van der Waals surface area contributed by atoms with Gasteiger partial charge in [0.1, 0.15) is 0 Å². The van der Waals surface area contributed by atoms with Crippen LogP contribution in [0, 0.1) is 0 Å². The standard InChI is InChI=1S/C15H16.C7H14N2S/c1-2-15(13-9-5-3-6-10-13)14-11-7-4-8-12-14;1-2-9-3-4-10-6-7(9)5-8-1/h3-12,15H,2H2,1H3;7-8H,1-6H2. The van der Waals surface area contributed by atoms with Gasteiger partial charge in [-0.05, 0) is 17.5 Å². The topological polar surface area (TPSA) is 15.3 Å². The summed E-state index contributed by atoms with van der Waals surface area (Å²) < 4.78 is 0. The van der Waals surface area contributed by atoms with Gasteiger partial charge in [0, 0.05) is 49.6 Å². The zero-order valence-electron chi connectivity index (χ0n) is 15.2. The number of benzene rings is 2. The SMILES string of the molecule is C1CN2CCSCC2CN1.CCC(c1ccccc1)c1ccccc1. The molecule has 4 rings (SSSR count). The minimum Gasteiger partial charge on any atom is -0.314 e. The molecular weight excluding hydrogens is 324 g/mol. The van der Waals surface area contributed by atoms with E-state index in [4.69, 9.17) is 0 Å². The highest BCUT2D eigenvalue weighted by Gasteiger charge is 2.24. The Morgan fingerprint density at radius 2 is 1.64 bits per heavy atom. The second-order valence-electron chi connectivity index (χ2n) is 6.75. The van der Waals surface area contributed by atoms with E-state index in [-0.39, 0.29) is 0 Å². The van der Waals surface area contributed by atoms with Crippen molar-refractivity contribution in [3.8, 4) is 0 Å². The van der Waals surface area contributed by atoms with E-state index in [1.165, 1.54) is 48.8 Å². The van der Waals surface area contributed by atoms with E-state index in [1.807, 2.05) is 0 Å². The average molecular weight is 355 g/mol. The lowest BCUT2D eigenvalue weighted by molar-refractivity contribution is 0.182. The minimum absolute atomic E-state index is 0.535. The Labute approximate surface area is 157 Å². The molecule has 2 aromatic carbocycles. The molecule has 1 atom stereocenters. The fraction of sp³-hybridized carbons (Fsp3) is 0.455. The molecule has 0 bridgehead atoms. The third-order valence-corrected chi connectivity index (χ3v) is 6.21. The van der Waals surface area contributed by atoms with Crippen LogP contribution in [0.15, 0.2) is 60.7 Å². The Bertz CT molecular complexity index is 536. The van der Waals surface area contributed by atoms with E-state index in [1.54, 1.807) is 0 Å². The van der Waals surface area contributed by atoms with Crippen LogP contribution in [-0.2, 0) is 0 Å². The Hall–Kier alpha value is -1.29. The molecule has 134 valence electrons. The summed E-state index contributed by atoms with van der Waals surface area (Å²) in [5.41, 5.74) is 2.82. The quantitative estimate of drug-likeness (QED) is 0.888. The highest BCUT2D eigenvalue weighted by molar-refractivity contribution is 7.99. The van der Waals surface area contributed by atoms with Crippen molar-refractivity contribution in [1.29, 1.82) is 0 Å². The molecule has 0 radical (unpaired) electrons. The van der Waals surface area contributed by atoms with Crippen molar-refractivity contribution < 1.29 is 0 Å². The van der Waals surface area contributed by atoms with Gasteiger partial charge in [-0.15, -0.1) is 0 Å². The summed E-state index contributed by atoms with van der Waals surface area (Å²) >= 11 is 2.10. The Balaban J connectivity index is 0.000000157. The number of rotatable bonds is 3. The second-order valence-corrected chi connectivity index (χ2v) is 7.90. The molecule has 2 saturated heterocycles. The second kappa shape index (κ2) is 10.0. The molecule has 2 aliphatic heterocycles. The molecule has 2 aromatic rings. The van der Waals surface area contributed by atoms with Crippen molar-refractivity contribution in [3.05, 3.63) is 71.8 Å². The number of piperazine rings is 1. The normalized spacial score (nSPS) is 20.5. The van der Waals surface area contributed by atoms with Gasteiger partial charge in [0.25, 0.3) is 0 Å². The van der Waals surface area contributed by atoms with Gasteiger partial charge in [-0.2, -0.15) is 11.8 Å². The van der Waals surface area contributed by atoms with Gasteiger partial charge in [0.05, 0.1) is 0 Å². The van der Waals surface area contributed by atoms with Crippen molar-refractivity contribution in [3.63, 3.8) is 0 Å². The molecule has 2 fully saturated rings. The van der Waals surface area contributed by atoms with E-state index >= 15 is 0 Å². The summed E-state index contributed by atoms with van der Waals surface area (Å²) in [7, 11) is 0. The number of hydrogen-bond donors (Lipinski definition) is 1. The van der Waals surface area contributed by atoms with E-state index in [2.05, 4.69) is 89.6 Å². The van der Waals surface area contributed by atoms with Gasteiger partial charge in [-0.25, -0.2) is 0 Å². The molecule has 0 amide bonds. The maximum absolute atomic E-state index is 3.43. The monoisotopic (exact) mass is 354 g/mol. The molecule has 0 saturated carbocycles. The van der Waals surface area contributed by atoms with Gasteiger partial charge in [0.2, 0.25) is 0 Å². The first-order valence-corrected chi connectivity index (χ1v) is 10.7. The smallest absolute Gasteiger partial charge is 0.0312 e. The molecule has 0 aromatic heterocycles. The lowest BCUT2D eigenvalue weighted by Crippen LogP contribution is -2.54. The van der Waals surface area contributed by atoms with Gasteiger partial charge < -0.3 is 5.32 Å². The molecule has 2 aliphatic rings. The molecule has 2 nitrogen and oxygen atoms in total. The van der Waals surface area contributed by atoms with E-state index in [0.29, 0.717) is 5.92 Å². The number of fused-ring (bicyclic) bond motifs is 1. The summed E-state index contributed by atoms with van der Waals surface area (Å²) in [5.74, 6) is 3.22. The van der Waals surface area contributed by atoms with E-state index in [9.17, 15) is 0 Å². The fourth-order valence-electron chi connectivity index (χ4n) is 3.70. The maximum atomic E-state index is 3.43. The predicted molar refractivity (Wildman–Crippen MR) is 111 cm³/mol. The number of hydrogen-bond acceptors (Lipinski definition) is 3. The van der Waals surface area contributed by atoms with Gasteiger partial charge in [-0.3, -0.25) is 4.90 Å². The lowest BCUT2D eigenvalue weighted by atomic mass is 9.89. The maximum Gasteiger partial charge on any atom is 0.0312 e. The first-order chi connectivity index (χ1) is 12.4. The molecule has 25 heavy (non-hydrogen) atoms. The molecule has 1 unspecified atom stereocenters. The zero-order chi connectivity index (χ0) is 17.3. The number of nitrogens with zero attached hydrogens (tertiary/aromatic N) is 1. The predicted octanol–water partition coefficient (Wildman–Crippen LogP) is 4.24. The van der Waals surface area contributed by atoms with Crippen molar-refractivity contribution in [1.82, 2.24) is 10.2 Å². The fourth-order valence-corrected chi connectivity index (χ4v) is 4.83. The number of nitrogens with one attached hydrogen (secondary N) is 1.